The van der Waals surface area contributed by atoms with Crippen molar-refractivity contribution >= 4 is 36.7 Å². The number of amides is 1. The second-order valence-electron chi connectivity index (χ2n) is 11.9. The summed E-state index contributed by atoms with van der Waals surface area (Å²) in [6.07, 6.45) is -1.37. The second-order valence-corrected chi connectivity index (χ2v) is 16.2. The minimum atomic E-state index is -3.08. The Bertz CT molecular complexity index is 1120. The Kier molecular flexibility index (Phi) is 8.97. The van der Waals surface area contributed by atoms with Gasteiger partial charge in [0, 0.05) is 13.3 Å². The summed E-state index contributed by atoms with van der Waals surface area (Å²) < 4.78 is 23.6. The van der Waals surface area contributed by atoms with E-state index >= 15 is 0 Å². The number of hydrogen-bond donors (Lipinski definition) is 0. The fourth-order valence-corrected chi connectivity index (χ4v) is 9.99. The van der Waals surface area contributed by atoms with Crippen molar-refractivity contribution in [2.75, 3.05) is 13.7 Å². The van der Waals surface area contributed by atoms with Crippen LogP contribution in [0.15, 0.2) is 60.7 Å². The first-order chi connectivity index (χ1) is 18.2. The first-order valence-corrected chi connectivity index (χ1v) is 15.1. The molecule has 1 amide bonds. The van der Waals surface area contributed by atoms with Crippen LogP contribution in [0.3, 0.4) is 0 Å². The van der Waals surface area contributed by atoms with Crippen LogP contribution in [0.4, 0.5) is 4.79 Å². The SMILES string of the molecule is COC(=O)[C@]1(CO[Si](c2ccccc2)(c2ccccc2)C(C)(C)C)CCC(OC(C)=O)N1C(=O)OC(C)(C)C. The van der Waals surface area contributed by atoms with Crippen LogP contribution in [-0.4, -0.2) is 62.3 Å². The van der Waals surface area contributed by atoms with E-state index in [1.165, 1.54) is 18.9 Å². The number of benzene rings is 2. The molecule has 0 aromatic heterocycles. The van der Waals surface area contributed by atoms with Crippen LogP contribution in [0.25, 0.3) is 0 Å². The van der Waals surface area contributed by atoms with E-state index in [-0.39, 0.29) is 24.5 Å². The average molecular weight is 556 g/mol. The molecule has 0 bridgehead atoms. The number of hydrogen-bond acceptors (Lipinski definition) is 7. The molecule has 1 unspecified atom stereocenters. The van der Waals surface area contributed by atoms with Gasteiger partial charge in [0.2, 0.25) is 0 Å². The number of carbonyl (C=O) groups is 3. The third kappa shape index (κ3) is 6.20. The molecule has 1 saturated heterocycles. The van der Waals surface area contributed by atoms with E-state index in [9.17, 15) is 14.4 Å². The number of esters is 2. The summed E-state index contributed by atoms with van der Waals surface area (Å²) in [6, 6.07) is 20.0. The van der Waals surface area contributed by atoms with Crippen molar-refractivity contribution in [2.24, 2.45) is 0 Å². The van der Waals surface area contributed by atoms with E-state index in [4.69, 9.17) is 18.6 Å². The van der Waals surface area contributed by atoms with Gasteiger partial charge in [0.15, 0.2) is 11.8 Å². The molecule has 1 aliphatic heterocycles. The highest BCUT2D eigenvalue weighted by molar-refractivity contribution is 6.99. The highest BCUT2D eigenvalue weighted by Gasteiger charge is 2.60. The van der Waals surface area contributed by atoms with E-state index in [0.29, 0.717) is 0 Å². The Hall–Kier alpha value is -3.17. The number of methoxy groups -OCH3 is 1. The molecule has 212 valence electrons. The monoisotopic (exact) mass is 555 g/mol. The highest BCUT2D eigenvalue weighted by Crippen LogP contribution is 2.42. The minimum Gasteiger partial charge on any atom is -0.467 e. The molecule has 1 fully saturated rings. The molecule has 0 spiro atoms. The summed E-state index contributed by atoms with van der Waals surface area (Å²) in [5, 5.41) is 1.70. The molecule has 0 saturated carbocycles. The maximum absolute atomic E-state index is 13.6. The lowest BCUT2D eigenvalue weighted by Crippen LogP contribution is -2.69. The van der Waals surface area contributed by atoms with Gasteiger partial charge in [-0.3, -0.25) is 9.69 Å². The van der Waals surface area contributed by atoms with Crippen molar-refractivity contribution in [1.82, 2.24) is 4.90 Å². The smallest absolute Gasteiger partial charge is 0.414 e. The van der Waals surface area contributed by atoms with Crippen LogP contribution < -0.4 is 10.4 Å². The number of likely N-dealkylation sites (tertiary alicyclic amines) is 1. The van der Waals surface area contributed by atoms with Gasteiger partial charge in [0.1, 0.15) is 5.60 Å². The van der Waals surface area contributed by atoms with Crippen molar-refractivity contribution in [1.29, 1.82) is 0 Å². The van der Waals surface area contributed by atoms with E-state index in [1.54, 1.807) is 20.8 Å². The molecule has 0 N–H and O–H groups in total. The van der Waals surface area contributed by atoms with Crippen LogP contribution in [-0.2, 0) is 28.2 Å². The predicted octanol–water partition coefficient (Wildman–Crippen LogP) is 4.39. The van der Waals surface area contributed by atoms with Crippen LogP contribution in [0.2, 0.25) is 5.04 Å². The summed E-state index contributed by atoms with van der Waals surface area (Å²) in [5.41, 5.74) is -2.41. The third-order valence-corrected chi connectivity index (χ3v) is 11.9. The molecule has 1 heterocycles. The molecule has 3 rings (SSSR count). The number of nitrogens with zero attached hydrogens (tertiary/aromatic N) is 1. The first-order valence-electron chi connectivity index (χ1n) is 13.2. The average Bonchev–Trinajstić information content (AvgIpc) is 3.22. The Balaban J connectivity index is 2.19. The third-order valence-electron chi connectivity index (χ3n) is 6.96. The van der Waals surface area contributed by atoms with E-state index in [1.807, 2.05) is 36.4 Å². The summed E-state index contributed by atoms with van der Waals surface area (Å²) in [6.45, 7) is 12.7. The zero-order valence-electron chi connectivity index (χ0n) is 24.3. The van der Waals surface area contributed by atoms with Crippen molar-refractivity contribution in [3.05, 3.63) is 60.7 Å². The molecule has 2 aromatic rings. The molecule has 2 atom stereocenters. The van der Waals surface area contributed by atoms with Crippen molar-refractivity contribution in [2.45, 2.75) is 83.7 Å². The summed E-state index contributed by atoms with van der Waals surface area (Å²) >= 11 is 0. The van der Waals surface area contributed by atoms with Crippen LogP contribution in [0, 0.1) is 0 Å². The molecule has 9 heteroatoms. The van der Waals surface area contributed by atoms with Crippen LogP contribution in [0.5, 0.6) is 0 Å². The quantitative estimate of drug-likeness (QED) is 0.284. The summed E-state index contributed by atoms with van der Waals surface area (Å²) in [5.74, 6) is -1.22. The van der Waals surface area contributed by atoms with Gasteiger partial charge in [-0.15, -0.1) is 0 Å². The van der Waals surface area contributed by atoms with E-state index in [0.717, 1.165) is 10.4 Å². The van der Waals surface area contributed by atoms with Gasteiger partial charge < -0.3 is 18.6 Å². The minimum absolute atomic E-state index is 0.163. The van der Waals surface area contributed by atoms with Gasteiger partial charge in [0.05, 0.1) is 13.7 Å². The molecule has 0 radical (unpaired) electrons. The van der Waals surface area contributed by atoms with Crippen LogP contribution in [0.1, 0.15) is 61.3 Å². The molecule has 1 aliphatic rings. The topological polar surface area (TPSA) is 91.4 Å². The van der Waals surface area contributed by atoms with Crippen molar-refractivity contribution in [3.63, 3.8) is 0 Å². The lowest BCUT2D eigenvalue weighted by atomic mass is 9.98. The molecular formula is C30H41NO7Si. The van der Waals surface area contributed by atoms with Gasteiger partial charge in [-0.2, -0.15) is 0 Å². The van der Waals surface area contributed by atoms with Gasteiger partial charge in [-0.05, 0) is 42.6 Å². The molecule has 8 nitrogen and oxygen atoms in total. The molecule has 39 heavy (non-hydrogen) atoms. The van der Waals surface area contributed by atoms with Crippen molar-refractivity contribution < 1.29 is 33.0 Å². The molecular weight excluding hydrogens is 514 g/mol. The zero-order chi connectivity index (χ0) is 29.1. The number of carbonyl (C=O) groups excluding carboxylic acids is 3. The number of rotatable bonds is 7. The van der Waals surface area contributed by atoms with Gasteiger partial charge in [-0.1, -0.05) is 81.4 Å². The van der Waals surface area contributed by atoms with Crippen molar-refractivity contribution in [3.8, 4) is 0 Å². The number of ether oxygens (including phenoxy) is 3. The fraction of sp³-hybridized carbons (Fsp3) is 0.500. The maximum atomic E-state index is 13.6. The van der Waals surface area contributed by atoms with Gasteiger partial charge >= 0.3 is 18.0 Å². The van der Waals surface area contributed by atoms with E-state index < -0.39 is 43.7 Å². The predicted molar refractivity (Wildman–Crippen MR) is 151 cm³/mol. The lowest BCUT2D eigenvalue weighted by molar-refractivity contribution is -0.168. The summed E-state index contributed by atoms with van der Waals surface area (Å²) in [4.78, 5) is 40.4. The molecule has 0 aliphatic carbocycles. The maximum Gasteiger partial charge on any atom is 0.414 e. The van der Waals surface area contributed by atoms with Gasteiger partial charge in [-0.25, -0.2) is 9.59 Å². The lowest BCUT2D eigenvalue weighted by Gasteiger charge is -2.46. The summed E-state index contributed by atoms with van der Waals surface area (Å²) in [7, 11) is -1.80. The second kappa shape index (κ2) is 11.5. The Morgan fingerprint density at radius 3 is 1.85 bits per heavy atom. The largest absolute Gasteiger partial charge is 0.467 e. The Morgan fingerprint density at radius 1 is 0.923 bits per heavy atom. The van der Waals surface area contributed by atoms with Crippen LogP contribution >= 0.6 is 0 Å². The zero-order valence-corrected chi connectivity index (χ0v) is 25.3. The Labute approximate surface area is 232 Å². The molecule has 2 aromatic carbocycles. The first kappa shape index (κ1) is 30.4. The fourth-order valence-electron chi connectivity index (χ4n) is 5.37. The van der Waals surface area contributed by atoms with E-state index in [2.05, 4.69) is 45.0 Å². The normalized spacial score (nSPS) is 19.9. The standard InChI is InChI=1S/C30H41NO7Si/c1-22(32)37-25-19-20-30(26(33)35-8,31(25)27(34)38-28(2,3)4)21-36-39(29(5,6)7,23-15-11-9-12-16-23)24-17-13-10-14-18-24/h9-18,25H,19-21H2,1-8H3/t25?,30-/m1/s1. The Morgan fingerprint density at radius 2 is 1.44 bits per heavy atom. The highest BCUT2D eigenvalue weighted by atomic mass is 28.4. The van der Waals surface area contributed by atoms with Gasteiger partial charge in [0.25, 0.3) is 8.32 Å².